The third-order valence-corrected chi connectivity index (χ3v) is 6.49. The quantitative estimate of drug-likeness (QED) is 0.515. The van der Waals surface area contributed by atoms with Gasteiger partial charge in [0.25, 0.3) is 11.8 Å². The predicted molar refractivity (Wildman–Crippen MR) is 115 cm³/mol. The molecule has 1 aliphatic heterocycles. The molecule has 0 fully saturated rings. The van der Waals surface area contributed by atoms with Gasteiger partial charge in [-0.3, -0.25) is 14.9 Å². The summed E-state index contributed by atoms with van der Waals surface area (Å²) in [6.45, 7) is 0.981. The molecule has 9 heteroatoms. The summed E-state index contributed by atoms with van der Waals surface area (Å²) in [5.74, 6) is 0.211. The maximum Gasteiger partial charge on any atom is 0.276 e. The zero-order valence-corrected chi connectivity index (χ0v) is 17.3. The molecule has 30 heavy (non-hydrogen) atoms. The number of rotatable bonds is 4. The van der Waals surface area contributed by atoms with Crippen molar-refractivity contribution in [2.75, 3.05) is 11.9 Å². The van der Waals surface area contributed by atoms with Gasteiger partial charge < -0.3 is 9.42 Å². The Morgan fingerprint density at radius 2 is 2.03 bits per heavy atom. The van der Waals surface area contributed by atoms with Crippen LogP contribution in [0, 0.1) is 0 Å². The standard InChI is InChI=1S/C21H16N4O3S2/c26-19(14-7-9-29-12-14)23-21-22-15-6-8-25(11-18(15)30-21)20(27)16-10-17(28-24-16)13-4-2-1-3-5-13/h1-5,7,9-10,12H,6,8,11H2,(H,22,23,26). The van der Waals surface area contributed by atoms with E-state index in [2.05, 4.69) is 15.5 Å². The van der Waals surface area contributed by atoms with Crippen LogP contribution in [-0.2, 0) is 13.0 Å². The lowest BCUT2D eigenvalue weighted by molar-refractivity contribution is 0.0725. The smallest absolute Gasteiger partial charge is 0.276 e. The molecule has 3 aromatic heterocycles. The average molecular weight is 437 g/mol. The van der Waals surface area contributed by atoms with E-state index >= 15 is 0 Å². The number of carbonyl (C=O) groups excluding carboxylic acids is 2. The number of anilines is 1. The fourth-order valence-electron chi connectivity index (χ4n) is 3.26. The molecule has 0 spiro atoms. The summed E-state index contributed by atoms with van der Waals surface area (Å²) in [6.07, 6.45) is 0.634. The summed E-state index contributed by atoms with van der Waals surface area (Å²) in [5.41, 5.74) is 2.70. The zero-order valence-electron chi connectivity index (χ0n) is 15.7. The molecule has 5 rings (SSSR count). The Morgan fingerprint density at radius 1 is 1.17 bits per heavy atom. The number of amides is 2. The van der Waals surface area contributed by atoms with Gasteiger partial charge in [-0.2, -0.15) is 11.3 Å². The molecule has 0 saturated carbocycles. The first-order valence-electron chi connectivity index (χ1n) is 9.31. The maximum atomic E-state index is 12.9. The van der Waals surface area contributed by atoms with E-state index in [1.807, 2.05) is 35.7 Å². The number of carbonyl (C=O) groups is 2. The Morgan fingerprint density at radius 3 is 2.83 bits per heavy atom. The second-order valence-electron chi connectivity index (χ2n) is 6.77. The van der Waals surface area contributed by atoms with E-state index in [9.17, 15) is 9.59 Å². The minimum Gasteiger partial charge on any atom is -0.355 e. The summed E-state index contributed by atoms with van der Waals surface area (Å²) in [7, 11) is 0. The van der Waals surface area contributed by atoms with Gasteiger partial charge in [0.2, 0.25) is 0 Å². The molecule has 1 aromatic carbocycles. The first-order chi connectivity index (χ1) is 14.7. The summed E-state index contributed by atoms with van der Waals surface area (Å²) in [4.78, 5) is 32.4. The van der Waals surface area contributed by atoms with Crippen LogP contribution in [0.5, 0.6) is 0 Å². The fourth-order valence-corrected chi connectivity index (χ4v) is 4.92. The van der Waals surface area contributed by atoms with Crippen molar-refractivity contribution >= 4 is 39.6 Å². The van der Waals surface area contributed by atoms with Crippen molar-refractivity contribution in [3.8, 4) is 11.3 Å². The van der Waals surface area contributed by atoms with Crippen molar-refractivity contribution < 1.29 is 14.1 Å². The number of thiophene rings is 1. The molecule has 0 atom stereocenters. The molecule has 0 aliphatic carbocycles. The molecule has 0 bridgehead atoms. The number of thiazole rings is 1. The van der Waals surface area contributed by atoms with Crippen LogP contribution in [0.2, 0.25) is 0 Å². The van der Waals surface area contributed by atoms with Gasteiger partial charge in [-0.15, -0.1) is 0 Å². The summed E-state index contributed by atoms with van der Waals surface area (Å²) >= 11 is 2.87. The first-order valence-corrected chi connectivity index (χ1v) is 11.1. The van der Waals surface area contributed by atoms with E-state index in [4.69, 9.17) is 4.52 Å². The van der Waals surface area contributed by atoms with Crippen molar-refractivity contribution in [2.24, 2.45) is 0 Å². The van der Waals surface area contributed by atoms with Crippen LogP contribution in [0.25, 0.3) is 11.3 Å². The molecule has 7 nitrogen and oxygen atoms in total. The molecule has 0 unspecified atom stereocenters. The van der Waals surface area contributed by atoms with E-state index in [0.29, 0.717) is 36.0 Å². The van der Waals surface area contributed by atoms with E-state index in [-0.39, 0.29) is 17.5 Å². The number of nitrogens with one attached hydrogen (secondary N) is 1. The van der Waals surface area contributed by atoms with Gasteiger partial charge in [-0.1, -0.05) is 46.8 Å². The average Bonchev–Trinajstić information content (AvgIpc) is 3.53. The molecular formula is C21H16N4O3S2. The lowest BCUT2D eigenvalue weighted by atomic mass is 10.1. The highest BCUT2D eigenvalue weighted by atomic mass is 32.1. The van der Waals surface area contributed by atoms with Gasteiger partial charge in [0.15, 0.2) is 16.6 Å². The zero-order chi connectivity index (χ0) is 20.5. The predicted octanol–water partition coefficient (Wildman–Crippen LogP) is 4.31. The van der Waals surface area contributed by atoms with Crippen molar-refractivity contribution in [3.63, 3.8) is 0 Å². The lowest BCUT2D eigenvalue weighted by Crippen LogP contribution is -2.35. The highest BCUT2D eigenvalue weighted by Gasteiger charge is 2.27. The lowest BCUT2D eigenvalue weighted by Gasteiger charge is -2.25. The summed E-state index contributed by atoms with van der Waals surface area (Å²) in [5, 5.41) is 11.0. The van der Waals surface area contributed by atoms with E-state index in [1.54, 1.807) is 22.4 Å². The molecule has 1 aliphatic rings. The van der Waals surface area contributed by atoms with Crippen LogP contribution in [0.15, 0.2) is 57.7 Å². The fraction of sp³-hybridized carbons (Fsp3) is 0.143. The molecule has 0 saturated heterocycles. The Labute approximate surface area is 180 Å². The monoisotopic (exact) mass is 436 g/mol. The van der Waals surface area contributed by atoms with Crippen LogP contribution < -0.4 is 5.32 Å². The minimum atomic E-state index is -0.177. The number of hydrogen-bond donors (Lipinski definition) is 1. The number of nitrogens with zero attached hydrogens (tertiary/aromatic N) is 3. The molecule has 2 amide bonds. The van der Waals surface area contributed by atoms with Crippen molar-refractivity contribution in [1.29, 1.82) is 0 Å². The van der Waals surface area contributed by atoms with Crippen LogP contribution in [0.4, 0.5) is 5.13 Å². The highest BCUT2D eigenvalue weighted by Crippen LogP contribution is 2.30. The van der Waals surface area contributed by atoms with Gasteiger partial charge in [-0.05, 0) is 11.4 Å². The SMILES string of the molecule is O=C(Nc1nc2c(s1)CN(C(=O)c1cc(-c3ccccc3)on1)CC2)c1ccsc1. The number of aromatic nitrogens is 2. The maximum absolute atomic E-state index is 12.9. The summed E-state index contributed by atoms with van der Waals surface area (Å²) in [6, 6.07) is 13.0. The normalized spacial score (nSPS) is 13.1. The van der Waals surface area contributed by atoms with Gasteiger partial charge in [0, 0.05) is 34.9 Å². The van der Waals surface area contributed by atoms with E-state index < -0.39 is 0 Å². The first kappa shape index (κ1) is 18.7. The Kier molecular flexibility index (Phi) is 4.89. The molecular weight excluding hydrogens is 420 g/mol. The third kappa shape index (κ3) is 3.64. The van der Waals surface area contributed by atoms with Crippen LogP contribution in [-0.4, -0.2) is 33.4 Å². The Bertz CT molecular complexity index is 1200. The number of benzene rings is 1. The van der Waals surface area contributed by atoms with Crippen LogP contribution in [0.1, 0.15) is 31.4 Å². The Balaban J connectivity index is 1.29. The highest BCUT2D eigenvalue weighted by molar-refractivity contribution is 7.16. The second kappa shape index (κ2) is 7.85. The van der Waals surface area contributed by atoms with Gasteiger partial charge >= 0.3 is 0 Å². The molecule has 4 aromatic rings. The van der Waals surface area contributed by atoms with Crippen molar-refractivity contribution in [2.45, 2.75) is 13.0 Å². The Hall–Kier alpha value is -3.30. The topological polar surface area (TPSA) is 88.3 Å². The minimum absolute atomic E-state index is 0.175. The molecule has 150 valence electrons. The van der Waals surface area contributed by atoms with Crippen LogP contribution >= 0.6 is 22.7 Å². The van der Waals surface area contributed by atoms with E-state index in [1.165, 1.54) is 22.7 Å². The second-order valence-corrected chi connectivity index (χ2v) is 8.64. The third-order valence-electron chi connectivity index (χ3n) is 4.81. The number of fused-ring (bicyclic) bond motifs is 1. The van der Waals surface area contributed by atoms with Crippen molar-refractivity contribution in [3.05, 3.63) is 75.1 Å². The van der Waals surface area contributed by atoms with Crippen LogP contribution in [0.3, 0.4) is 0 Å². The largest absolute Gasteiger partial charge is 0.355 e. The van der Waals surface area contributed by atoms with Gasteiger partial charge in [0.1, 0.15) is 0 Å². The molecule has 1 N–H and O–H groups in total. The molecule has 0 radical (unpaired) electrons. The van der Waals surface area contributed by atoms with Gasteiger partial charge in [0.05, 0.1) is 17.8 Å². The van der Waals surface area contributed by atoms with Gasteiger partial charge in [-0.25, -0.2) is 4.98 Å². The summed E-state index contributed by atoms with van der Waals surface area (Å²) < 4.78 is 5.36. The molecule has 4 heterocycles. The van der Waals surface area contributed by atoms with Crippen molar-refractivity contribution in [1.82, 2.24) is 15.0 Å². The van der Waals surface area contributed by atoms with E-state index in [0.717, 1.165) is 16.1 Å². The number of hydrogen-bond acceptors (Lipinski definition) is 7.